The van der Waals surface area contributed by atoms with Crippen molar-refractivity contribution in [2.75, 3.05) is 13.1 Å². The van der Waals surface area contributed by atoms with Crippen LogP contribution in [-0.2, 0) is 11.3 Å². The Kier molecular flexibility index (Phi) is 4.46. The molecule has 0 aromatic heterocycles. The van der Waals surface area contributed by atoms with Gasteiger partial charge >= 0.3 is 0 Å². The van der Waals surface area contributed by atoms with E-state index in [9.17, 15) is 4.79 Å². The number of fused-ring (bicyclic) bond motifs is 2. The summed E-state index contributed by atoms with van der Waals surface area (Å²) < 4.78 is 0. The second-order valence-corrected chi connectivity index (χ2v) is 8.28. The van der Waals surface area contributed by atoms with Crippen LogP contribution < -0.4 is 0 Å². The van der Waals surface area contributed by atoms with Gasteiger partial charge in [-0.05, 0) is 60.0 Å². The molecule has 2 heteroatoms. The number of hydrogen-bond acceptors (Lipinski definition) is 2. The van der Waals surface area contributed by atoms with Gasteiger partial charge in [0.15, 0.2) is 5.78 Å². The van der Waals surface area contributed by atoms with Crippen molar-refractivity contribution >= 4 is 11.9 Å². The molecule has 3 rings (SSSR count). The number of nitrogens with zero attached hydrogens (tertiary/aromatic N) is 1. The van der Waals surface area contributed by atoms with Gasteiger partial charge in [0.25, 0.3) is 0 Å². The van der Waals surface area contributed by atoms with Gasteiger partial charge in [0.2, 0.25) is 0 Å². The van der Waals surface area contributed by atoms with Gasteiger partial charge in [-0.15, -0.1) is 0 Å². The minimum atomic E-state index is -0.161. The lowest BCUT2D eigenvalue weighted by Crippen LogP contribution is -2.32. The Morgan fingerprint density at radius 1 is 1.12 bits per heavy atom. The Morgan fingerprint density at radius 3 is 2.25 bits per heavy atom. The summed E-state index contributed by atoms with van der Waals surface area (Å²) in [6.07, 6.45) is 4.35. The maximum atomic E-state index is 12.9. The summed E-state index contributed by atoms with van der Waals surface area (Å²) in [4.78, 5) is 15.3. The van der Waals surface area contributed by atoms with E-state index < -0.39 is 0 Å². The Balaban J connectivity index is 1.82. The van der Waals surface area contributed by atoms with Crippen molar-refractivity contribution in [1.29, 1.82) is 0 Å². The topological polar surface area (TPSA) is 20.3 Å². The largest absolute Gasteiger partial charge is 0.300 e. The molecule has 2 nitrogen and oxygen atoms in total. The quantitative estimate of drug-likeness (QED) is 0.715. The zero-order valence-corrected chi connectivity index (χ0v) is 15.9. The van der Waals surface area contributed by atoms with E-state index in [-0.39, 0.29) is 10.8 Å². The molecular formula is C22H31NO. The van der Waals surface area contributed by atoms with Crippen LogP contribution in [0.4, 0.5) is 0 Å². The van der Waals surface area contributed by atoms with Crippen LogP contribution in [0.5, 0.6) is 0 Å². The lowest BCUT2D eigenvalue weighted by atomic mass is 9.70. The lowest BCUT2D eigenvalue weighted by molar-refractivity contribution is -0.125. The summed E-state index contributed by atoms with van der Waals surface area (Å²) >= 11 is 0. The number of ketones is 1. The van der Waals surface area contributed by atoms with Crippen molar-refractivity contribution in [3.8, 4) is 0 Å². The van der Waals surface area contributed by atoms with Gasteiger partial charge in [0.1, 0.15) is 0 Å². The second-order valence-electron chi connectivity index (χ2n) is 8.28. The fourth-order valence-electron chi connectivity index (χ4n) is 4.70. The first-order chi connectivity index (χ1) is 11.3. The average molecular weight is 325 g/mol. The molecule has 0 radical (unpaired) electrons. The molecular weight excluding hydrogens is 294 g/mol. The molecule has 2 fully saturated rings. The van der Waals surface area contributed by atoms with E-state index >= 15 is 0 Å². The number of hydrogen-bond donors (Lipinski definition) is 0. The highest BCUT2D eigenvalue weighted by Gasteiger charge is 2.63. The van der Waals surface area contributed by atoms with Gasteiger partial charge in [-0.1, -0.05) is 58.9 Å². The summed E-state index contributed by atoms with van der Waals surface area (Å²) in [5.41, 5.74) is 3.50. The maximum Gasteiger partial charge on any atom is 0.165 e. The Bertz CT molecular complexity index is 651. The van der Waals surface area contributed by atoms with Crippen LogP contribution in [0.1, 0.15) is 58.6 Å². The number of benzene rings is 1. The van der Waals surface area contributed by atoms with E-state index in [4.69, 9.17) is 0 Å². The number of carbonyl (C=O) groups is 1. The molecule has 0 N–H and O–H groups in total. The van der Waals surface area contributed by atoms with Crippen molar-refractivity contribution in [3.63, 3.8) is 0 Å². The molecule has 24 heavy (non-hydrogen) atoms. The van der Waals surface area contributed by atoms with Crippen LogP contribution in [0.3, 0.4) is 0 Å². The first-order valence-corrected chi connectivity index (χ1v) is 9.41. The van der Waals surface area contributed by atoms with Gasteiger partial charge in [-0.25, -0.2) is 0 Å². The van der Waals surface area contributed by atoms with E-state index in [1.165, 1.54) is 5.56 Å². The molecule has 1 aromatic carbocycles. The van der Waals surface area contributed by atoms with Gasteiger partial charge in [-0.2, -0.15) is 0 Å². The summed E-state index contributed by atoms with van der Waals surface area (Å²) in [5.74, 6) is 0.807. The van der Waals surface area contributed by atoms with E-state index in [1.54, 1.807) is 0 Å². The van der Waals surface area contributed by atoms with Gasteiger partial charge in [-0.3, -0.25) is 9.69 Å². The van der Waals surface area contributed by atoms with Crippen LogP contribution in [0.2, 0.25) is 0 Å². The normalized spacial score (nSPS) is 29.8. The third-order valence-corrected chi connectivity index (χ3v) is 6.97. The van der Waals surface area contributed by atoms with E-state index in [0.29, 0.717) is 11.7 Å². The highest BCUT2D eigenvalue weighted by Crippen LogP contribution is 2.65. The highest BCUT2D eigenvalue weighted by atomic mass is 16.1. The predicted octanol–water partition coefficient (Wildman–Crippen LogP) is 4.94. The zero-order valence-electron chi connectivity index (χ0n) is 15.9. The van der Waals surface area contributed by atoms with Gasteiger partial charge in [0, 0.05) is 12.0 Å². The monoisotopic (exact) mass is 325 g/mol. The van der Waals surface area contributed by atoms with Crippen molar-refractivity contribution < 1.29 is 4.79 Å². The highest BCUT2D eigenvalue weighted by molar-refractivity contribution is 6.07. The van der Waals surface area contributed by atoms with E-state index in [0.717, 1.165) is 43.6 Å². The molecule has 0 saturated heterocycles. The van der Waals surface area contributed by atoms with E-state index in [2.05, 4.69) is 69.9 Å². The van der Waals surface area contributed by atoms with Crippen molar-refractivity contribution in [2.45, 2.75) is 54.0 Å². The summed E-state index contributed by atoms with van der Waals surface area (Å²) in [5, 5.41) is 0. The van der Waals surface area contributed by atoms with Crippen LogP contribution in [-0.4, -0.2) is 23.8 Å². The maximum absolute atomic E-state index is 12.9. The van der Waals surface area contributed by atoms with Gasteiger partial charge < -0.3 is 0 Å². The first kappa shape index (κ1) is 17.4. The molecule has 0 spiro atoms. The van der Waals surface area contributed by atoms with Crippen molar-refractivity contribution in [1.82, 2.24) is 4.90 Å². The molecule has 2 aliphatic carbocycles. The molecule has 2 atom stereocenters. The SMILES string of the molecule is CCN(CC)Cc1ccc(C=C2C(=O)C3(C)CCC2C3(C)C)cc1. The molecule has 1 aromatic rings. The summed E-state index contributed by atoms with van der Waals surface area (Å²) in [6.45, 7) is 14.3. The molecule has 2 bridgehead atoms. The predicted molar refractivity (Wildman–Crippen MR) is 101 cm³/mol. The molecule has 130 valence electrons. The fourth-order valence-corrected chi connectivity index (χ4v) is 4.70. The first-order valence-electron chi connectivity index (χ1n) is 9.41. The third-order valence-electron chi connectivity index (χ3n) is 6.97. The van der Waals surface area contributed by atoms with Crippen LogP contribution in [0.15, 0.2) is 29.8 Å². The number of Topliss-reactive ketones (excluding diaryl/α,β-unsaturated/α-hetero) is 1. The number of rotatable bonds is 5. The minimum absolute atomic E-state index is 0.0958. The standard InChI is InChI=1S/C22H31NO/c1-6-23(7-2)15-17-10-8-16(9-11-17)14-18-19-12-13-22(5,20(18)24)21(19,3)4/h8-11,14,19H,6-7,12-13,15H2,1-5H3. The molecule has 0 amide bonds. The smallest absolute Gasteiger partial charge is 0.165 e. The number of allylic oxidation sites excluding steroid dienone is 1. The fraction of sp³-hybridized carbons (Fsp3) is 0.591. The molecule has 0 heterocycles. The van der Waals surface area contributed by atoms with Crippen LogP contribution in [0.25, 0.3) is 6.08 Å². The van der Waals surface area contributed by atoms with Crippen LogP contribution >= 0.6 is 0 Å². The Labute approximate surface area is 146 Å². The molecule has 2 saturated carbocycles. The van der Waals surface area contributed by atoms with Crippen LogP contribution in [0, 0.1) is 16.7 Å². The molecule has 2 aliphatic rings. The number of carbonyl (C=O) groups excluding carboxylic acids is 1. The summed E-state index contributed by atoms with van der Waals surface area (Å²) in [6, 6.07) is 8.74. The molecule has 0 aliphatic heterocycles. The summed E-state index contributed by atoms with van der Waals surface area (Å²) in [7, 11) is 0. The average Bonchev–Trinajstić information content (AvgIpc) is 2.88. The Morgan fingerprint density at radius 2 is 1.75 bits per heavy atom. The molecule has 2 unspecified atom stereocenters. The lowest BCUT2D eigenvalue weighted by Gasteiger charge is -2.31. The zero-order chi connectivity index (χ0) is 17.5. The second kappa shape index (κ2) is 6.15. The third kappa shape index (κ3) is 2.56. The van der Waals surface area contributed by atoms with Crippen molar-refractivity contribution in [2.24, 2.45) is 16.7 Å². The minimum Gasteiger partial charge on any atom is -0.300 e. The Hall–Kier alpha value is -1.41. The van der Waals surface area contributed by atoms with E-state index in [1.807, 2.05) is 0 Å². The van der Waals surface area contributed by atoms with Gasteiger partial charge in [0.05, 0.1) is 0 Å². The van der Waals surface area contributed by atoms with Crippen molar-refractivity contribution in [3.05, 3.63) is 41.0 Å².